The highest BCUT2D eigenvalue weighted by Crippen LogP contribution is 2.22. The molecular formula is C20H15N. The Morgan fingerprint density at radius 2 is 1.14 bits per heavy atom. The summed E-state index contributed by atoms with van der Waals surface area (Å²) >= 11 is 0. The van der Waals surface area contributed by atoms with Gasteiger partial charge in [-0.1, -0.05) is 72.5 Å². The van der Waals surface area contributed by atoms with E-state index in [4.69, 9.17) is 5.73 Å². The number of nitrogen functional groups attached to an aromatic ring is 1. The summed E-state index contributed by atoms with van der Waals surface area (Å²) in [4.78, 5) is 0. The molecule has 0 radical (unpaired) electrons. The number of anilines is 1. The van der Waals surface area contributed by atoms with Crippen molar-refractivity contribution in [3.05, 3.63) is 90.0 Å². The fraction of sp³-hybridized carbons (Fsp3) is 0. The first kappa shape index (κ1) is 13.0. The van der Waals surface area contributed by atoms with Crippen LogP contribution in [0.25, 0.3) is 11.1 Å². The maximum Gasteiger partial charge on any atom is 0.0478 e. The molecule has 0 saturated carbocycles. The third-order valence-corrected chi connectivity index (χ3v) is 3.30. The SMILES string of the molecule is Nc1ccccc1C#Cc1ccccc1-c1ccccc1. The molecule has 0 aliphatic rings. The highest BCUT2D eigenvalue weighted by molar-refractivity contribution is 5.72. The number of benzene rings is 3. The third-order valence-electron chi connectivity index (χ3n) is 3.30. The summed E-state index contributed by atoms with van der Waals surface area (Å²) in [7, 11) is 0. The Bertz CT molecular complexity index is 808. The summed E-state index contributed by atoms with van der Waals surface area (Å²) in [6.07, 6.45) is 0. The van der Waals surface area contributed by atoms with E-state index in [1.54, 1.807) is 0 Å². The molecule has 0 bridgehead atoms. The van der Waals surface area contributed by atoms with Crippen LogP contribution in [-0.4, -0.2) is 0 Å². The second-order valence-corrected chi connectivity index (χ2v) is 4.75. The Labute approximate surface area is 125 Å². The molecule has 0 aromatic heterocycles. The molecule has 100 valence electrons. The molecule has 0 spiro atoms. The Morgan fingerprint density at radius 1 is 0.571 bits per heavy atom. The Hall–Kier alpha value is -2.98. The van der Waals surface area contributed by atoms with Gasteiger partial charge in [-0.2, -0.15) is 0 Å². The standard InChI is InChI=1S/C20H15N/c21-20-13-7-5-11-18(20)15-14-17-10-4-6-12-19(17)16-8-2-1-3-9-16/h1-13H,21H2. The quantitative estimate of drug-likeness (QED) is 0.516. The van der Waals surface area contributed by atoms with E-state index in [0.717, 1.165) is 16.7 Å². The Balaban J connectivity index is 2.04. The molecule has 0 heterocycles. The van der Waals surface area contributed by atoms with Gasteiger partial charge >= 0.3 is 0 Å². The van der Waals surface area contributed by atoms with E-state index in [2.05, 4.69) is 30.0 Å². The maximum absolute atomic E-state index is 5.93. The normalized spacial score (nSPS) is 9.71. The predicted molar refractivity (Wildman–Crippen MR) is 88.7 cm³/mol. The molecular weight excluding hydrogens is 254 g/mol. The first-order chi connectivity index (χ1) is 10.3. The lowest BCUT2D eigenvalue weighted by atomic mass is 10.00. The first-order valence-corrected chi connectivity index (χ1v) is 6.85. The van der Waals surface area contributed by atoms with Crippen LogP contribution in [0.3, 0.4) is 0 Å². The first-order valence-electron chi connectivity index (χ1n) is 6.85. The fourth-order valence-electron chi connectivity index (χ4n) is 2.21. The second kappa shape index (κ2) is 5.98. The number of hydrogen-bond donors (Lipinski definition) is 1. The summed E-state index contributed by atoms with van der Waals surface area (Å²) in [6, 6.07) is 26.1. The van der Waals surface area contributed by atoms with Crippen LogP contribution in [0.2, 0.25) is 0 Å². The molecule has 0 atom stereocenters. The topological polar surface area (TPSA) is 26.0 Å². The third kappa shape index (κ3) is 2.96. The van der Waals surface area contributed by atoms with Gasteiger partial charge in [0.15, 0.2) is 0 Å². The van der Waals surface area contributed by atoms with Crippen molar-refractivity contribution in [2.45, 2.75) is 0 Å². The molecule has 21 heavy (non-hydrogen) atoms. The molecule has 3 aromatic rings. The average molecular weight is 269 g/mol. The largest absolute Gasteiger partial charge is 0.398 e. The van der Waals surface area contributed by atoms with E-state index < -0.39 is 0 Å². The molecule has 0 saturated heterocycles. The van der Waals surface area contributed by atoms with Crippen molar-refractivity contribution in [3.8, 4) is 23.0 Å². The van der Waals surface area contributed by atoms with Crippen LogP contribution in [0, 0.1) is 11.8 Å². The smallest absolute Gasteiger partial charge is 0.0478 e. The average Bonchev–Trinajstić information content (AvgIpc) is 2.55. The summed E-state index contributed by atoms with van der Waals surface area (Å²) < 4.78 is 0. The number of rotatable bonds is 1. The molecule has 2 N–H and O–H groups in total. The van der Waals surface area contributed by atoms with Gasteiger partial charge in [0.25, 0.3) is 0 Å². The summed E-state index contributed by atoms with van der Waals surface area (Å²) in [5.74, 6) is 6.40. The number of nitrogens with two attached hydrogens (primary N) is 1. The van der Waals surface area contributed by atoms with Crippen LogP contribution < -0.4 is 5.73 Å². The van der Waals surface area contributed by atoms with Crippen molar-refractivity contribution in [2.75, 3.05) is 5.73 Å². The van der Waals surface area contributed by atoms with E-state index in [1.165, 1.54) is 5.56 Å². The van der Waals surface area contributed by atoms with Gasteiger partial charge < -0.3 is 5.73 Å². The molecule has 0 unspecified atom stereocenters. The number of para-hydroxylation sites is 1. The highest BCUT2D eigenvalue weighted by atomic mass is 14.5. The Morgan fingerprint density at radius 3 is 1.90 bits per heavy atom. The molecule has 0 amide bonds. The molecule has 1 nitrogen and oxygen atoms in total. The van der Waals surface area contributed by atoms with Crippen LogP contribution in [-0.2, 0) is 0 Å². The van der Waals surface area contributed by atoms with Crippen molar-refractivity contribution in [2.24, 2.45) is 0 Å². The van der Waals surface area contributed by atoms with Crippen molar-refractivity contribution >= 4 is 5.69 Å². The lowest BCUT2D eigenvalue weighted by molar-refractivity contribution is 1.58. The second-order valence-electron chi connectivity index (χ2n) is 4.75. The predicted octanol–water partition coefficient (Wildman–Crippen LogP) is 4.34. The van der Waals surface area contributed by atoms with Gasteiger partial charge in [-0.15, -0.1) is 0 Å². The zero-order valence-electron chi connectivity index (χ0n) is 11.6. The van der Waals surface area contributed by atoms with E-state index in [9.17, 15) is 0 Å². The van der Waals surface area contributed by atoms with Gasteiger partial charge in [0.05, 0.1) is 0 Å². The van der Waals surface area contributed by atoms with Gasteiger partial charge in [0.2, 0.25) is 0 Å². The van der Waals surface area contributed by atoms with Gasteiger partial charge in [0.1, 0.15) is 0 Å². The summed E-state index contributed by atoms with van der Waals surface area (Å²) in [5, 5.41) is 0. The summed E-state index contributed by atoms with van der Waals surface area (Å²) in [6.45, 7) is 0. The Kier molecular flexibility index (Phi) is 3.71. The number of hydrogen-bond acceptors (Lipinski definition) is 1. The van der Waals surface area contributed by atoms with Crippen molar-refractivity contribution in [3.63, 3.8) is 0 Å². The van der Waals surface area contributed by atoms with Gasteiger partial charge in [-0.3, -0.25) is 0 Å². The lowest BCUT2D eigenvalue weighted by Crippen LogP contribution is -1.89. The fourth-order valence-corrected chi connectivity index (χ4v) is 2.21. The monoisotopic (exact) mass is 269 g/mol. The molecule has 3 rings (SSSR count). The minimum absolute atomic E-state index is 0.710. The molecule has 3 aromatic carbocycles. The van der Waals surface area contributed by atoms with Gasteiger partial charge in [-0.05, 0) is 29.3 Å². The van der Waals surface area contributed by atoms with Crippen LogP contribution in [0.1, 0.15) is 11.1 Å². The van der Waals surface area contributed by atoms with Gasteiger partial charge in [-0.25, -0.2) is 0 Å². The van der Waals surface area contributed by atoms with Crippen molar-refractivity contribution < 1.29 is 0 Å². The van der Waals surface area contributed by atoms with Crippen LogP contribution in [0.15, 0.2) is 78.9 Å². The van der Waals surface area contributed by atoms with E-state index in [1.807, 2.05) is 60.7 Å². The summed E-state index contributed by atoms with van der Waals surface area (Å²) in [5.41, 5.74) is 10.8. The molecule has 0 aliphatic heterocycles. The highest BCUT2D eigenvalue weighted by Gasteiger charge is 2.01. The minimum atomic E-state index is 0.710. The molecule has 0 aliphatic carbocycles. The van der Waals surface area contributed by atoms with Crippen LogP contribution in [0.5, 0.6) is 0 Å². The molecule has 0 fully saturated rings. The van der Waals surface area contributed by atoms with Crippen molar-refractivity contribution in [1.29, 1.82) is 0 Å². The molecule has 1 heteroatoms. The zero-order chi connectivity index (χ0) is 14.5. The maximum atomic E-state index is 5.93. The van der Waals surface area contributed by atoms with Gasteiger partial charge in [0, 0.05) is 16.8 Å². The van der Waals surface area contributed by atoms with E-state index in [-0.39, 0.29) is 0 Å². The minimum Gasteiger partial charge on any atom is -0.398 e. The lowest BCUT2D eigenvalue weighted by Gasteiger charge is -2.04. The van der Waals surface area contributed by atoms with E-state index >= 15 is 0 Å². The van der Waals surface area contributed by atoms with E-state index in [0.29, 0.717) is 5.69 Å². The van der Waals surface area contributed by atoms with Crippen LogP contribution >= 0.6 is 0 Å². The van der Waals surface area contributed by atoms with Crippen LogP contribution in [0.4, 0.5) is 5.69 Å². The van der Waals surface area contributed by atoms with Crippen molar-refractivity contribution in [1.82, 2.24) is 0 Å². The zero-order valence-corrected chi connectivity index (χ0v) is 11.6.